The lowest BCUT2D eigenvalue weighted by atomic mass is 10.3. The zero-order valence-corrected chi connectivity index (χ0v) is 8.11. The van der Waals surface area contributed by atoms with E-state index in [0.717, 1.165) is 19.5 Å². The van der Waals surface area contributed by atoms with E-state index in [2.05, 4.69) is 16.9 Å². The summed E-state index contributed by atoms with van der Waals surface area (Å²) < 4.78 is 18.1. The lowest BCUT2D eigenvalue weighted by Crippen LogP contribution is -2.21. The first-order valence-electron chi connectivity index (χ1n) is 4.71. The second-order valence-corrected chi connectivity index (χ2v) is 3.61. The van der Waals surface area contributed by atoms with Gasteiger partial charge in [0.1, 0.15) is 11.9 Å². The number of nitrogens with zero attached hydrogens (tertiary/aromatic N) is 2. The van der Waals surface area contributed by atoms with E-state index >= 15 is 0 Å². The molecule has 0 radical (unpaired) electrons. The van der Waals surface area contributed by atoms with Gasteiger partial charge in [0.15, 0.2) is 0 Å². The Labute approximate surface area is 82.5 Å². The maximum absolute atomic E-state index is 12.5. The fraction of sp³-hybridized carbons (Fsp3) is 0.500. The summed E-state index contributed by atoms with van der Waals surface area (Å²) in [5.41, 5.74) is 0. The fourth-order valence-electron chi connectivity index (χ4n) is 1.59. The van der Waals surface area contributed by atoms with E-state index in [9.17, 15) is 4.39 Å². The summed E-state index contributed by atoms with van der Waals surface area (Å²) in [4.78, 5) is 6.05. The monoisotopic (exact) mass is 196 g/mol. The van der Waals surface area contributed by atoms with Gasteiger partial charge in [0, 0.05) is 19.2 Å². The summed E-state index contributed by atoms with van der Waals surface area (Å²) in [6.07, 6.45) is 2.38. The number of aromatic nitrogens is 1. The second-order valence-electron chi connectivity index (χ2n) is 3.61. The number of rotatable bonds is 2. The van der Waals surface area contributed by atoms with Crippen molar-refractivity contribution in [2.75, 3.05) is 20.1 Å². The van der Waals surface area contributed by atoms with Gasteiger partial charge in [0.25, 0.3) is 0 Å². The van der Waals surface area contributed by atoms with E-state index in [1.54, 1.807) is 6.07 Å². The summed E-state index contributed by atoms with van der Waals surface area (Å²) in [6, 6.07) is 2.93. The third-order valence-corrected chi connectivity index (χ3v) is 2.34. The molecule has 0 spiro atoms. The summed E-state index contributed by atoms with van der Waals surface area (Å²) in [5, 5.41) is 0. The highest BCUT2D eigenvalue weighted by molar-refractivity contribution is 5.11. The molecular formula is C10H13FN2O. The molecule has 1 aliphatic heterocycles. The van der Waals surface area contributed by atoms with Crippen LogP contribution in [0.5, 0.6) is 5.88 Å². The van der Waals surface area contributed by atoms with Crippen LogP contribution in [0.1, 0.15) is 6.42 Å². The zero-order valence-electron chi connectivity index (χ0n) is 8.11. The molecule has 1 aliphatic rings. The average molecular weight is 196 g/mol. The predicted octanol–water partition coefficient (Wildman–Crippen LogP) is 1.30. The first-order chi connectivity index (χ1) is 6.74. The molecule has 2 heterocycles. The molecule has 1 atom stereocenters. The number of likely N-dealkylation sites (N-methyl/N-ethyl adjacent to an activating group) is 1. The van der Waals surface area contributed by atoms with Gasteiger partial charge >= 0.3 is 0 Å². The Bertz CT molecular complexity index is 301. The quantitative estimate of drug-likeness (QED) is 0.713. The molecule has 1 saturated heterocycles. The smallest absolute Gasteiger partial charge is 0.213 e. The van der Waals surface area contributed by atoms with Crippen LogP contribution in [0.3, 0.4) is 0 Å². The second kappa shape index (κ2) is 3.92. The number of ether oxygens (including phenoxy) is 1. The van der Waals surface area contributed by atoms with Crippen LogP contribution in [0.4, 0.5) is 4.39 Å². The van der Waals surface area contributed by atoms with Crippen molar-refractivity contribution in [3.05, 3.63) is 24.1 Å². The largest absolute Gasteiger partial charge is 0.473 e. The first-order valence-corrected chi connectivity index (χ1v) is 4.71. The molecule has 1 aromatic rings. The van der Waals surface area contributed by atoms with Crippen molar-refractivity contribution >= 4 is 0 Å². The van der Waals surface area contributed by atoms with Crippen LogP contribution in [0, 0.1) is 5.82 Å². The highest BCUT2D eigenvalue weighted by atomic mass is 19.1. The van der Waals surface area contributed by atoms with Gasteiger partial charge in [-0.05, 0) is 19.5 Å². The van der Waals surface area contributed by atoms with Gasteiger partial charge in [0.2, 0.25) is 5.88 Å². The normalized spacial score (nSPS) is 22.6. The minimum atomic E-state index is -0.333. The first kappa shape index (κ1) is 9.40. The Morgan fingerprint density at radius 3 is 3.00 bits per heavy atom. The summed E-state index contributed by atoms with van der Waals surface area (Å²) in [6.45, 7) is 1.96. The maximum atomic E-state index is 12.5. The van der Waals surface area contributed by atoms with Gasteiger partial charge in [-0.25, -0.2) is 9.37 Å². The van der Waals surface area contributed by atoms with Crippen molar-refractivity contribution in [1.82, 2.24) is 9.88 Å². The molecule has 1 aromatic heterocycles. The van der Waals surface area contributed by atoms with Crippen LogP contribution < -0.4 is 4.74 Å². The molecule has 0 amide bonds. The van der Waals surface area contributed by atoms with Gasteiger partial charge in [-0.3, -0.25) is 0 Å². The molecule has 0 unspecified atom stereocenters. The van der Waals surface area contributed by atoms with E-state index in [4.69, 9.17) is 4.74 Å². The molecule has 0 saturated carbocycles. The average Bonchev–Trinajstić information content (AvgIpc) is 2.56. The summed E-state index contributed by atoms with van der Waals surface area (Å²) in [5.74, 6) is 0.174. The van der Waals surface area contributed by atoms with Crippen molar-refractivity contribution in [2.24, 2.45) is 0 Å². The highest BCUT2D eigenvalue weighted by Gasteiger charge is 2.21. The Morgan fingerprint density at radius 1 is 1.57 bits per heavy atom. The predicted molar refractivity (Wildman–Crippen MR) is 50.7 cm³/mol. The maximum Gasteiger partial charge on any atom is 0.213 e. The minimum Gasteiger partial charge on any atom is -0.473 e. The molecule has 0 bridgehead atoms. The zero-order chi connectivity index (χ0) is 9.97. The lowest BCUT2D eigenvalue weighted by molar-refractivity contribution is 0.199. The number of halogens is 1. The Kier molecular flexibility index (Phi) is 2.63. The van der Waals surface area contributed by atoms with Gasteiger partial charge < -0.3 is 9.64 Å². The van der Waals surface area contributed by atoms with Gasteiger partial charge in [-0.2, -0.15) is 0 Å². The Hall–Kier alpha value is -1.16. The van der Waals surface area contributed by atoms with Crippen molar-refractivity contribution in [3.8, 4) is 5.88 Å². The van der Waals surface area contributed by atoms with Crippen LogP contribution in [0.25, 0.3) is 0 Å². The van der Waals surface area contributed by atoms with Gasteiger partial charge in [-0.1, -0.05) is 0 Å². The van der Waals surface area contributed by atoms with E-state index in [0.29, 0.717) is 5.88 Å². The molecule has 3 nitrogen and oxygen atoms in total. The van der Waals surface area contributed by atoms with Crippen molar-refractivity contribution in [1.29, 1.82) is 0 Å². The van der Waals surface area contributed by atoms with E-state index < -0.39 is 0 Å². The molecule has 1 fully saturated rings. The third-order valence-electron chi connectivity index (χ3n) is 2.34. The standard InChI is InChI=1S/C10H13FN2O/c1-13-5-4-9(7-13)14-10-3-2-8(11)6-12-10/h2-3,6,9H,4-5,7H2,1H3/t9-/m1/s1. The fourth-order valence-corrected chi connectivity index (χ4v) is 1.59. The summed E-state index contributed by atoms with van der Waals surface area (Å²) in [7, 11) is 2.06. The minimum absolute atomic E-state index is 0.193. The van der Waals surface area contributed by atoms with E-state index in [-0.39, 0.29) is 11.9 Å². The molecule has 2 rings (SSSR count). The van der Waals surface area contributed by atoms with E-state index in [1.807, 2.05) is 0 Å². The highest BCUT2D eigenvalue weighted by Crippen LogP contribution is 2.15. The van der Waals surface area contributed by atoms with Crippen molar-refractivity contribution in [2.45, 2.75) is 12.5 Å². The molecular weight excluding hydrogens is 183 g/mol. The third kappa shape index (κ3) is 2.20. The van der Waals surface area contributed by atoms with Gasteiger partial charge in [0.05, 0.1) is 6.20 Å². The van der Waals surface area contributed by atoms with Crippen LogP contribution in [-0.2, 0) is 0 Å². The Morgan fingerprint density at radius 2 is 2.43 bits per heavy atom. The van der Waals surface area contributed by atoms with Crippen LogP contribution >= 0.6 is 0 Å². The molecule has 0 N–H and O–H groups in total. The van der Waals surface area contributed by atoms with Crippen LogP contribution in [0.2, 0.25) is 0 Å². The van der Waals surface area contributed by atoms with Gasteiger partial charge in [-0.15, -0.1) is 0 Å². The Balaban J connectivity index is 1.94. The van der Waals surface area contributed by atoms with Crippen molar-refractivity contribution < 1.29 is 9.13 Å². The number of hydrogen-bond donors (Lipinski definition) is 0. The molecule has 4 heteroatoms. The molecule has 76 valence electrons. The molecule has 14 heavy (non-hydrogen) atoms. The molecule has 0 aliphatic carbocycles. The number of hydrogen-bond acceptors (Lipinski definition) is 3. The SMILES string of the molecule is CN1CC[C@@H](Oc2ccc(F)cn2)C1. The summed E-state index contributed by atoms with van der Waals surface area (Å²) >= 11 is 0. The van der Waals surface area contributed by atoms with E-state index in [1.165, 1.54) is 12.3 Å². The molecule has 0 aromatic carbocycles. The van der Waals surface area contributed by atoms with Crippen LogP contribution in [-0.4, -0.2) is 36.1 Å². The lowest BCUT2D eigenvalue weighted by Gasteiger charge is -2.12. The van der Waals surface area contributed by atoms with Crippen LogP contribution in [0.15, 0.2) is 18.3 Å². The topological polar surface area (TPSA) is 25.4 Å². The number of pyridine rings is 1. The number of likely N-dealkylation sites (tertiary alicyclic amines) is 1. The van der Waals surface area contributed by atoms with Crippen molar-refractivity contribution in [3.63, 3.8) is 0 Å².